The predicted molar refractivity (Wildman–Crippen MR) is 178 cm³/mol. The van der Waals surface area contributed by atoms with Crippen LogP contribution in [0.5, 0.6) is 0 Å². The standard InChI is InChI=1S/C38H39N3O6/c42-24-26-15-17-28(18-16-26)35-21-32(23-41-25-40-33-11-1-2-12-34(33)41)46-38(47-35)31-10-6-9-30(20-31)29-8-5-7-27(19-29)22-39-36(43)13-3-4-14-37(44)45/h1-2,5-12,15-20,25,32,35,38,42H,3-4,13-14,21-24H2,(H,39,43)(H,44,45)/t32-,35+,38+/m0/s1. The van der Waals surface area contributed by atoms with Crippen LogP contribution in [0.4, 0.5) is 0 Å². The molecule has 0 bridgehead atoms. The van der Waals surface area contributed by atoms with Crippen molar-refractivity contribution in [3.8, 4) is 11.1 Å². The molecule has 1 aliphatic rings. The van der Waals surface area contributed by atoms with Crippen molar-refractivity contribution >= 4 is 22.9 Å². The Morgan fingerprint density at radius 3 is 2.40 bits per heavy atom. The number of carboxylic acid groups (broad SMARTS) is 1. The minimum absolute atomic E-state index is 0.0111. The maximum Gasteiger partial charge on any atom is 0.303 e. The minimum Gasteiger partial charge on any atom is -0.481 e. The van der Waals surface area contributed by atoms with Gasteiger partial charge in [-0.15, -0.1) is 0 Å². The number of carboxylic acids is 1. The van der Waals surface area contributed by atoms with Crippen molar-refractivity contribution in [2.24, 2.45) is 0 Å². The number of carbonyl (C=O) groups excluding carboxylic acids is 1. The first-order valence-electron chi connectivity index (χ1n) is 16.0. The molecule has 242 valence electrons. The van der Waals surface area contributed by atoms with Gasteiger partial charge in [-0.3, -0.25) is 9.59 Å². The fourth-order valence-electron chi connectivity index (χ4n) is 5.98. The van der Waals surface area contributed by atoms with E-state index in [2.05, 4.69) is 33.1 Å². The van der Waals surface area contributed by atoms with E-state index in [1.165, 1.54) is 0 Å². The number of para-hydroxylation sites is 2. The number of hydrogen-bond acceptors (Lipinski definition) is 6. The fourth-order valence-corrected chi connectivity index (χ4v) is 5.98. The number of benzene rings is 4. The quantitative estimate of drug-likeness (QED) is 0.123. The first kappa shape index (κ1) is 32.1. The Morgan fingerprint density at radius 1 is 0.830 bits per heavy atom. The Hall–Kier alpha value is -4.83. The summed E-state index contributed by atoms with van der Waals surface area (Å²) in [6.07, 6.45) is 2.98. The Bertz CT molecular complexity index is 1820. The maximum atomic E-state index is 12.3. The minimum atomic E-state index is -0.843. The summed E-state index contributed by atoms with van der Waals surface area (Å²) in [5.74, 6) is -0.933. The van der Waals surface area contributed by atoms with E-state index in [1.54, 1.807) is 0 Å². The third kappa shape index (κ3) is 8.31. The Labute approximate surface area is 273 Å². The summed E-state index contributed by atoms with van der Waals surface area (Å²) >= 11 is 0. The van der Waals surface area contributed by atoms with Crippen molar-refractivity contribution in [1.29, 1.82) is 0 Å². The number of aliphatic carboxylic acids is 1. The van der Waals surface area contributed by atoms with Gasteiger partial charge in [0.25, 0.3) is 0 Å². The zero-order chi connectivity index (χ0) is 32.6. The van der Waals surface area contributed by atoms with Crippen LogP contribution in [0.3, 0.4) is 0 Å². The van der Waals surface area contributed by atoms with Gasteiger partial charge in [0.1, 0.15) is 0 Å². The van der Waals surface area contributed by atoms with Crippen LogP contribution >= 0.6 is 0 Å². The van der Waals surface area contributed by atoms with Crippen LogP contribution in [0.1, 0.15) is 66.8 Å². The molecule has 3 N–H and O–H groups in total. The number of nitrogens with zero attached hydrogens (tertiary/aromatic N) is 2. The highest BCUT2D eigenvalue weighted by Crippen LogP contribution is 2.39. The summed E-state index contributed by atoms with van der Waals surface area (Å²) < 4.78 is 15.4. The smallest absolute Gasteiger partial charge is 0.303 e. The van der Waals surface area contributed by atoms with Gasteiger partial charge in [-0.05, 0) is 64.9 Å². The van der Waals surface area contributed by atoms with Gasteiger partial charge in [-0.1, -0.05) is 72.8 Å². The number of imidazole rings is 1. The molecule has 9 nitrogen and oxygen atoms in total. The predicted octanol–water partition coefficient (Wildman–Crippen LogP) is 6.70. The van der Waals surface area contributed by atoms with E-state index < -0.39 is 12.3 Å². The molecule has 2 heterocycles. The molecule has 1 aromatic heterocycles. The molecule has 1 saturated heterocycles. The molecule has 1 amide bonds. The molecule has 3 atom stereocenters. The Morgan fingerprint density at radius 2 is 1.60 bits per heavy atom. The van der Waals surface area contributed by atoms with Crippen LogP contribution in [0.2, 0.25) is 0 Å². The van der Waals surface area contributed by atoms with Crippen molar-refractivity contribution in [2.45, 2.75) is 70.3 Å². The van der Waals surface area contributed by atoms with E-state index in [0.29, 0.717) is 38.8 Å². The van der Waals surface area contributed by atoms with Crippen molar-refractivity contribution in [3.05, 3.63) is 126 Å². The van der Waals surface area contributed by atoms with Gasteiger partial charge in [-0.2, -0.15) is 0 Å². The molecule has 0 spiro atoms. The number of rotatable bonds is 13. The third-order valence-corrected chi connectivity index (χ3v) is 8.50. The van der Waals surface area contributed by atoms with Crippen molar-refractivity contribution < 1.29 is 29.3 Å². The average molecular weight is 634 g/mol. The van der Waals surface area contributed by atoms with Crippen molar-refractivity contribution in [3.63, 3.8) is 0 Å². The molecule has 47 heavy (non-hydrogen) atoms. The largest absolute Gasteiger partial charge is 0.481 e. The summed E-state index contributed by atoms with van der Waals surface area (Å²) in [6.45, 7) is 1.00. The molecule has 1 aliphatic heterocycles. The topological polar surface area (TPSA) is 123 Å². The van der Waals surface area contributed by atoms with Crippen LogP contribution in [0.15, 0.2) is 103 Å². The van der Waals surface area contributed by atoms with Crippen LogP contribution in [-0.2, 0) is 38.8 Å². The number of aliphatic hydroxyl groups is 1. The van der Waals surface area contributed by atoms with Crippen molar-refractivity contribution in [2.75, 3.05) is 0 Å². The number of hydrogen-bond donors (Lipinski definition) is 3. The molecule has 0 saturated carbocycles. The molecule has 5 aromatic rings. The lowest BCUT2D eigenvalue weighted by atomic mass is 9.98. The second-order valence-electron chi connectivity index (χ2n) is 11.9. The van der Waals surface area contributed by atoms with Gasteiger partial charge in [0.2, 0.25) is 5.91 Å². The maximum absolute atomic E-state index is 12.3. The van der Waals surface area contributed by atoms with E-state index in [1.807, 2.05) is 85.2 Å². The summed E-state index contributed by atoms with van der Waals surface area (Å²) in [6, 6.07) is 32.2. The number of amides is 1. The first-order valence-corrected chi connectivity index (χ1v) is 16.0. The number of nitrogens with one attached hydrogen (secondary N) is 1. The number of aliphatic hydroxyl groups excluding tert-OH is 1. The average Bonchev–Trinajstić information content (AvgIpc) is 3.51. The number of aromatic nitrogens is 2. The van der Waals surface area contributed by atoms with E-state index in [9.17, 15) is 14.7 Å². The lowest BCUT2D eigenvalue weighted by Gasteiger charge is -2.36. The lowest BCUT2D eigenvalue weighted by molar-refractivity contribution is -0.252. The molecular weight excluding hydrogens is 594 g/mol. The summed E-state index contributed by atoms with van der Waals surface area (Å²) in [7, 11) is 0. The van der Waals surface area contributed by atoms with E-state index in [-0.39, 0.29) is 31.1 Å². The second-order valence-corrected chi connectivity index (χ2v) is 11.9. The van der Waals surface area contributed by atoms with E-state index in [4.69, 9.17) is 14.6 Å². The SMILES string of the molecule is O=C(O)CCCCC(=O)NCc1cccc(-c2cccc([C@@H]3O[C@H](Cn4cnc5ccccc54)C[C@H](c4ccc(CO)cc4)O3)c2)c1. The molecule has 0 unspecified atom stereocenters. The van der Waals surface area contributed by atoms with Crippen LogP contribution in [0, 0.1) is 0 Å². The van der Waals surface area contributed by atoms with Gasteiger partial charge >= 0.3 is 5.97 Å². The third-order valence-electron chi connectivity index (χ3n) is 8.50. The van der Waals surface area contributed by atoms with Crippen LogP contribution in [0.25, 0.3) is 22.2 Å². The first-order chi connectivity index (χ1) is 22.9. The molecule has 1 fully saturated rings. The highest BCUT2D eigenvalue weighted by atomic mass is 16.7. The van der Waals surface area contributed by atoms with E-state index in [0.717, 1.165) is 44.4 Å². The fraction of sp³-hybridized carbons (Fsp3) is 0.289. The summed E-state index contributed by atoms with van der Waals surface area (Å²) in [4.78, 5) is 27.5. The summed E-state index contributed by atoms with van der Waals surface area (Å²) in [5, 5.41) is 21.3. The monoisotopic (exact) mass is 633 g/mol. The highest BCUT2D eigenvalue weighted by Gasteiger charge is 2.33. The number of fused-ring (bicyclic) bond motifs is 1. The highest BCUT2D eigenvalue weighted by molar-refractivity contribution is 5.76. The summed E-state index contributed by atoms with van der Waals surface area (Å²) in [5.41, 5.74) is 7.76. The number of ether oxygens (including phenoxy) is 2. The van der Waals surface area contributed by atoms with Gasteiger partial charge in [0, 0.05) is 31.4 Å². The second kappa shape index (κ2) is 15.2. The van der Waals surface area contributed by atoms with Gasteiger partial charge in [0.05, 0.1) is 42.7 Å². The van der Waals surface area contributed by atoms with Gasteiger partial charge in [0.15, 0.2) is 6.29 Å². The number of carbonyl (C=O) groups is 2. The molecule has 6 rings (SSSR count). The molecule has 9 heteroatoms. The molecular formula is C38H39N3O6. The van der Waals surface area contributed by atoms with Crippen LogP contribution < -0.4 is 5.32 Å². The van der Waals surface area contributed by atoms with E-state index >= 15 is 0 Å². The molecule has 0 radical (unpaired) electrons. The van der Waals surface area contributed by atoms with Gasteiger partial charge < -0.3 is 29.6 Å². The Balaban J connectivity index is 1.18. The molecule has 4 aromatic carbocycles. The van der Waals surface area contributed by atoms with Crippen molar-refractivity contribution in [1.82, 2.24) is 14.9 Å². The van der Waals surface area contributed by atoms with Crippen LogP contribution in [-0.4, -0.2) is 37.7 Å². The van der Waals surface area contributed by atoms with Gasteiger partial charge in [-0.25, -0.2) is 4.98 Å². The normalized spacial score (nSPS) is 17.9. The zero-order valence-corrected chi connectivity index (χ0v) is 26.1. The lowest BCUT2D eigenvalue weighted by Crippen LogP contribution is -2.32. The zero-order valence-electron chi connectivity index (χ0n) is 26.1. The Kier molecular flexibility index (Phi) is 10.4. The number of unbranched alkanes of at least 4 members (excludes halogenated alkanes) is 1. The molecule has 0 aliphatic carbocycles.